The lowest BCUT2D eigenvalue weighted by molar-refractivity contribution is -0.163. The zero-order valence-electron chi connectivity index (χ0n) is 14.4. The van der Waals surface area contributed by atoms with Crippen molar-refractivity contribution in [2.45, 2.75) is 44.8 Å². The first-order valence-electron chi connectivity index (χ1n) is 8.22. The first-order valence-corrected chi connectivity index (χ1v) is 8.22. The minimum absolute atomic E-state index is 0.0795. The summed E-state index contributed by atoms with van der Waals surface area (Å²) in [5, 5.41) is 25.8. The van der Waals surface area contributed by atoms with E-state index in [1.165, 1.54) is 12.1 Å². The summed E-state index contributed by atoms with van der Waals surface area (Å²) >= 11 is 0. The Bertz CT molecular complexity index is 832. The molecule has 4 N–H and O–H groups in total. The van der Waals surface area contributed by atoms with Crippen LogP contribution in [0.4, 0.5) is 0 Å². The van der Waals surface area contributed by atoms with Crippen molar-refractivity contribution < 1.29 is 19.7 Å². The summed E-state index contributed by atoms with van der Waals surface area (Å²) in [6.07, 6.45) is -0.206. The molecule has 1 aromatic carbocycles. The number of benzene rings is 1. The number of H-pyrrole nitrogens is 2. The maximum Gasteiger partial charge on any atom is 0.313 e. The average molecular weight is 346 g/mol. The van der Waals surface area contributed by atoms with Gasteiger partial charge in [0, 0.05) is 23.6 Å². The first kappa shape index (κ1) is 17.3. The molecule has 1 aliphatic carbocycles. The van der Waals surface area contributed by atoms with Gasteiger partial charge in [0.15, 0.2) is 0 Å². The van der Waals surface area contributed by atoms with Crippen molar-refractivity contribution in [3.63, 3.8) is 0 Å². The minimum atomic E-state index is -1.40. The van der Waals surface area contributed by atoms with Crippen LogP contribution in [0.2, 0.25) is 0 Å². The lowest BCUT2D eigenvalue weighted by Crippen LogP contribution is -2.50. The number of fused-ring (bicyclic) bond motifs is 1. The molecule has 134 valence electrons. The molecule has 0 bridgehead atoms. The highest BCUT2D eigenvalue weighted by Crippen LogP contribution is 2.44. The molecule has 3 rings (SSSR count). The molecule has 0 saturated heterocycles. The van der Waals surface area contributed by atoms with Crippen LogP contribution in [0.3, 0.4) is 0 Å². The van der Waals surface area contributed by atoms with Gasteiger partial charge in [-0.1, -0.05) is 12.1 Å². The van der Waals surface area contributed by atoms with Crippen molar-refractivity contribution in [2.24, 2.45) is 5.92 Å². The summed E-state index contributed by atoms with van der Waals surface area (Å²) in [5.74, 6) is -2.09. The Morgan fingerprint density at radius 2 is 1.92 bits per heavy atom. The van der Waals surface area contributed by atoms with Crippen molar-refractivity contribution in [3.8, 4) is 5.75 Å². The van der Waals surface area contributed by atoms with E-state index in [1.54, 1.807) is 32.9 Å². The maximum absolute atomic E-state index is 12.8. The van der Waals surface area contributed by atoms with Crippen molar-refractivity contribution in [3.05, 3.63) is 51.4 Å². The van der Waals surface area contributed by atoms with Gasteiger partial charge in [0.05, 0.1) is 17.6 Å². The number of carbonyl (C=O) groups excluding carboxylic acids is 1. The van der Waals surface area contributed by atoms with E-state index in [9.17, 15) is 19.8 Å². The summed E-state index contributed by atoms with van der Waals surface area (Å²) in [7, 11) is 0. The number of phenols is 1. The van der Waals surface area contributed by atoms with Gasteiger partial charge < -0.3 is 20.0 Å². The van der Waals surface area contributed by atoms with Crippen LogP contribution in [0.1, 0.15) is 43.5 Å². The Morgan fingerprint density at radius 1 is 1.28 bits per heavy atom. The minimum Gasteiger partial charge on any atom is -0.508 e. The van der Waals surface area contributed by atoms with E-state index in [-0.39, 0.29) is 23.8 Å². The van der Waals surface area contributed by atoms with Crippen LogP contribution in [0.5, 0.6) is 5.75 Å². The van der Waals surface area contributed by atoms with Gasteiger partial charge in [-0.3, -0.25) is 14.7 Å². The average Bonchev–Trinajstić information content (AvgIpc) is 2.85. The fourth-order valence-corrected chi connectivity index (χ4v) is 3.60. The Kier molecular flexibility index (Phi) is 4.20. The molecule has 0 aliphatic heterocycles. The summed E-state index contributed by atoms with van der Waals surface area (Å²) in [6, 6.07) is 6.27. The largest absolute Gasteiger partial charge is 0.508 e. The first-order chi connectivity index (χ1) is 11.7. The van der Waals surface area contributed by atoms with E-state index in [0.29, 0.717) is 16.8 Å². The lowest BCUT2D eigenvalue weighted by atomic mass is 9.66. The van der Waals surface area contributed by atoms with Crippen molar-refractivity contribution in [1.29, 1.82) is 0 Å². The summed E-state index contributed by atoms with van der Waals surface area (Å²) in [4.78, 5) is 25.1. The fraction of sp³-hybridized carbons (Fsp3) is 0.444. The Hall–Kier alpha value is -2.54. The van der Waals surface area contributed by atoms with Crippen molar-refractivity contribution >= 4 is 5.97 Å². The molecule has 1 aromatic heterocycles. The Labute approximate surface area is 144 Å². The normalized spacial score (nSPS) is 25.6. The zero-order chi connectivity index (χ0) is 18.4. The number of hydrogen-bond acceptors (Lipinski definition) is 5. The van der Waals surface area contributed by atoms with E-state index in [1.807, 2.05) is 0 Å². The van der Waals surface area contributed by atoms with Crippen molar-refractivity contribution in [1.82, 2.24) is 10.2 Å². The highest BCUT2D eigenvalue weighted by molar-refractivity contribution is 5.77. The molecule has 25 heavy (non-hydrogen) atoms. The molecule has 1 heterocycles. The third kappa shape index (κ3) is 3.07. The number of carbonyl (C=O) groups is 1. The second-order valence-corrected chi connectivity index (χ2v) is 7.04. The number of aromatic hydroxyl groups is 1. The molecule has 2 aromatic rings. The molecule has 0 radical (unpaired) electrons. The van der Waals surface area contributed by atoms with E-state index in [2.05, 4.69) is 10.2 Å². The van der Waals surface area contributed by atoms with Crippen LogP contribution in [0, 0.1) is 5.92 Å². The Balaban J connectivity index is 2.18. The predicted molar refractivity (Wildman–Crippen MR) is 90.4 cm³/mol. The molecule has 0 amide bonds. The van der Waals surface area contributed by atoms with Crippen molar-refractivity contribution in [2.75, 3.05) is 0 Å². The molecule has 3 atom stereocenters. The second-order valence-electron chi connectivity index (χ2n) is 7.04. The SMILES string of the molecule is CC(C)OC(=O)[C@H]1[C@H](c2ccc(O)cc2)c2c([nH][nH]c2=O)C[C@@]1(C)O. The standard InChI is InChI=1S/C18H22N2O5/c1-9(2)25-17(23)15-13(10-4-6-11(21)7-5-10)14-12(8-18(15,3)24)19-20-16(14)22/h4-7,9,13,15,21,24H,8H2,1-3H3,(H2,19,20,22)/t13-,15-,18-/m1/s1. The number of rotatable bonds is 3. The number of phenolic OH excluding ortho intramolecular Hbond substituents is 1. The molecule has 7 nitrogen and oxygen atoms in total. The number of aliphatic hydroxyl groups is 1. The number of aromatic amines is 2. The summed E-state index contributed by atoms with van der Waals surface area (Å²) in [5.41, 5.74) is -0.0857. The smallest absolute Gasteiger partial charge is 0.313 e. The maximum atomic E-state index is 12.8. The number of ether oxygens (including phenoxy) is 1. The van der Waals surface area contributed by atoms with Gasteiger partial charge in [-0.05, 0) is 38.5 Å². The molecular formula is C18H22N2O5. The van der Waals surface area contributed by atoms with E-state index in [0.717, 1.165) is 0 Å². The van der Waals surface area contributed by atoms with Crippen LogP contribution in [-0.2, 0) is 16.0 Å². The lowest BCUT2D eigenvalue weighted by Gasteiger charge is -2.40. The van der Waals surface area contributed by atoms with Crippen LogP contribution in [0.25, 0.3) is 0 Å². The predicted octanol–water partition coefficient (Wildman–Crippen LogP) is 1.42. The molecule has 0 spiro atoms. The summed E-state index contributed by atoms with van der Waals surface area (Å²) < 4.78 is 5.36. The third-order valence-corrected chi connectivity index (χ3v) is 4.60. The fourth-order valence-electron chi connectivity index (χ4n) is 3.60. The van der Waals surface area contributed by atoms with Crippen LogP contribution in [0.15, 0.2) is 29.1 Å². The zero-order valence-corrected chi connectivity index (χ0v) is 14.4. The van der Waals surface area contributed by atoms with Gasteiger partial charge in [-0.25, -0.2) is 0 Å². The molecule has 1 aliphatic rings. The molecule has 0 unspecified atom stereocenters. The van der Waals surface area contributed by atoms with Crippen LogP contribution >= 0.6 is 0 Å². The number of nitrogens with one attached hydrogen (secondary N) is 2. The van der Waals surface area contributed by atoms with Gasteiger partial charge in [0.1, 0.15) is 5.75 Å². The quantitative estimate of drug-likeness (QED) is 0.627. The number of hydrogen-bond donors (Lipinski definition) is 4. The molecule has 0 fully saturated rings. The van der Waals surface area contributed by atoms with E-state index >= 15 is 0 Å². The topological polar surface area (TPSA) is 115 Å². The van der Waals surface area contributed by atoms with E-state index in [4.69, 9.17) is 4.74 Å². The Morgan fingerprint density at radius 3 is 2.52 bits per heavy atom. The van der Waals surface area contributed by atoms with Gasteiger partial charge in [-0.2, -0.15) is 0 Å². The molecule has 0 saturated carbocycles. The highest BCUT2D eigenvalue weighted by atomic mass is 16.5. The second kappa shape index (κ2) is 6.07. The van der Waals surface area contributed by atoms with E-state index < -0.39 is 23.4 Å². The summed E-state index contributed by atoms with van der Waals surface area (Å²) in [6.45, 7) is 5.04. The van der Waals surface area contributed by atoms with Crippen LogP contribution in [-0.4, -0.2) is 38.1 Å². The van der Waals surface area contributed by atoms with Gasteiger partial charge in [-0.15, -0.1) is 0 Å². The van der Waals surface area contributed by atoms with Gasteiger partial charge in [0.2, 0.25) is 0 Å². The molecule has 7 heteroatoms. The van der Waals surface area contributed by atoms with Gasteiger partial charge >= 0.3 is 5.97 Å². The molecular weight excluding hydrogens is 324 g/mol. The number of esters is 1. The number of aromatic nitrogens is 2. The monoisotopic (exact) mass is 346 g/mol. The highest BCUT2D eigenvalue weighted by Gasteiger charge is 2.51. The third-order valence-electron chi connectivity index (χ3n) is 4.60. The van der Waals surface area contributed by atoms with Crippen LogP contribution < -0.4 is 5.56 Å². The van der Waals surface area contributed by atoms with Gasteiger partial charge in [0.25, 0.3) is 5.56 Å².